The van der Waals surface area contributed by atoms with E-state index in [0.29, 0.717) is 6.54 Å². The largest absolute Gasteiger partial charge is 0.497 e. The Hall–Kier alpha value is -1.97. The van der Waals surface area contributed by atoms with Crippen LogP contribution in [0.3, 0.4) is 0 Å². The molecule has 0 saturated heterocycles. The summed E-state index contributed by atoms with van der Waals surface area (Å²) in [6, 6.07) is 9.19. The molecule has 0 bridgehead atoms. The van der Waals surface area contributed by atoms with E-state index in [0.717, 1.165) is 17.0 Å². The SMILES string of the molecule is CCn1[nH]c(-c2ccc(OC)cc2)cc1=O. The maximum Gasteiger partial charge on any atom is 0.267 e. The predicted molar refractivity (Wildman–Crippen MR) is 62.7 cm³/mol. The quantitative estimate of drug-likeness (QED) is 0.854. The highest BCUT2D eigenvalue weighted by atomic mass is 16.5. The third-order valence-corrected chi connectivity index (χ3v) is 2.51. The van der Waals surface area contributed by atoms with Crippen molar-refractivity contribution in [3.05, 3.63) is 40.7 Å². The average Bonchev–Trinajstić information content (AvgIpc) is 2.71. The van der Waals surface area contributed by atoms with Crippen LogP contribution in [0.5, 0.6) is 5.75 Å². The molecule has 84 valence electrons. The first kappa shape index (κ1) is 10.5. The molecular weight excluding hydrogens is 204 g/mol. The molecule has 1 aromatic carbocycles. The van der Waals surface area contributed by atoms with Crippen LogP contribution in [0.15, 0.2) is 35.1 Å². The number of methoxy groups -OCH3 is 1. The van der Waals surface area contributed by atoms with Gasteiger partial charge in [0, 0.05) is 12.6 Å². The molecule has 0 radical (unpaired) electrons. The fourth-order valence-corrected chi connectivity index (χ4v) is 1.59. The van der Waals surface area contributed by atoms with Crippen LogP contribution < -0.4 is 10.3 Å². The van der Waals surface area contributed by atoms with E-state index in [9.17, 15) is 4.79 Å². The number of aromatic nitrogens is 2. The van der Waals surface area contributed by atoms with Crippen molar-refractivity contribution in [2.24, 2.45) is 0 Å². The van der Waals surface area contributed by atoms with E-state index in [1.54, 1.807) is 17.9 Å². The Kier molecular flexibility index (Phi) is 2.81. The number of hydrogen-bond acceptors (Lipinski definition) is 2. The minimum Gasteiger partial charge on any atom is -0.497 e. The second-order valence-electron chi connectivity index (χ2n) is 3.48. The van der Waals surface area contributed by atoms with Crippen molar-refractivity contribution in [2.45, 2.75) is 13.5 Å². The van der Waals surface area contributed by atoms with Crippen molar-refractivity contribution in [3.8, 4) is 17.0 Å². The molecule has 0 aliphatic rings. The molecule has 16 heavy (non-hydrogen) atoms. The average molecular weight is 218 g/mol. The number of aryl methyl sites for hydroxylation is 1. The summed E-state index contributed by atoms with van der Waals surface area (Å²) >= 11 is 0. The van der Waals surface area contributed by atoms with Gasteiger partial charge in [0.05, 0.1) is 12.8 Å². The highest BCUT2D eigenvalue weighted by Crippen LogP contribution is 2.19. The zero-order valence-electron chi connectivity index (χ0n) is 9.36. The molecule has 0 aliphatic heterocycles. The lowest BCUT2D eigenvalue weighted by atomic mass is 10.1. The summed E-state index contributed by atoms with van der Waals surface area (Å²) in [5, 5.41) is 3.05. The standard InChI is InChI=1S/C12H14N2O2/c1-3-14-12(15)8-11(13-14)9-4-6-10(16-2)7-5-9/h4-8,13H,3H2,1-2H3. The normalized spacial score (nSPS) is 10.4. The van der Waals surface area contributed by atoms with Crippen LogP contribution in [0.2, 0.25) is 0 Å². The van der Waals surface area contributed by atoms with Gasteiger partial charge in [-0.05, 0) is 36.8 Å². The first-order valence-electron chi connectivity index (χ1n) is 5.19. The molecule has 2 rings (SSSR count). The van der Waals surface area contributed by atoms with Crippen LogP contribution in [0.25, 0.3) is 11.3 Å². The summed E-state index contributed by atoms with van der Waals surface area (Å²) in [6.07, 6.45) is 0. The van der Waals surface area contributed by atoms with Crippen LogP contribution >= 0.6 is 0 Å². The van der Waals surface area contributed by atoms with E-state index in [1.165, 1.54) is 0 Å². The molecule has 0 aliphatic carbocycles. The molecule has 1 N–H and O–H groups in total. The van der Waals surface area contributed by atoms with Gasteiger partial charge in [-0.3, -0.25) is 14.6 Å². The molecule has 4 nitrogen and oxygen atoms in total. The molecule has 1 heterocycles. The number of aromatic amines is 1. The third-order valence-electron chi connectivity index (χ3n) is 2.51. The van der Waals surface area contributed by atoms with Gasteiger partial charge in [-0.2, -0.15) is 0 Å². The van der Waals surface area contributed by atoms with Crippen LogP contribution in [-0.2, 0) is 6.54 Å². The Morgan fingerprint density at radius 2 is 2.00 bits per heavy atom. The minimum atomic E-state index is -0.00619. The van der Waals surface area contributed by atoms with Gasteiger partial charge in [-0.1, -0.05) is 0 Å². The smallest absolute Gasteiger partial charge is 0.267 e. The molecule has 1 aromatic heterocycles. The zero-order chi connectivity index (χ0) is 11.5. The van der Waals surface area contributed by atoms with Crippen molar-refractivity contribution in [3.63, 3.8) is 0 Å². The fourth-order valence-electron chi connectivity index (χ4n) is 1.59. The minimum absolute atomic E-state index is 0.00619. The Morgan fingerprint density at radius 1 is 1.31 bits per heavy atom. The predicted octanol–water partition coefficient (Wildman–Crippen LogP) is 1.87. The molecule has 0 unspecified atom stereocenters. The highest BCUT2D eigenvalue weighted by molar-refractivity contribution is 5.59. The van der Waals surface area contributed by atoms with Gasteiger partial charge < -0.3 is 4.74 Å². The molecule has 4 heteroatoms. The number of rotatable bonds is 3. The Labute approximate surface area is 93.5 Å². The molecule has 0 atom stereocenters. The molecule has 2 aromatic rings. The van der Waals surface area contributed by atoms with Crippen molar-refractivity contribution < 1.29 is 4.74 Å². The van der Waals surface area contributed by atoms with Crippen molar-refractivity contribution in [2.75, 3.05) is 7.11 Å². The van der Waals surface area contributed by atoms with Gasteiger partial charge in [0.2, 0.25) is 0 Å². The number of ether oxygens (including phenoxy) is 1. The Morgan fingerprint density at radius 3 is 2.50 bits per heavy atom. The molecule has 0 fully saturated rings. The third kappa shape index (κ3) is 1.86. The van der Waals surface area contributed by atoms with E-state index >= 15 is 0 Å². The van der Waals surface area contributed by atoms with Gasteiger partial charge in [-0.25, -0.2) is 0 Å². The second kappa shape index (κ2) is 4.26. The van der Waals surface area contributed by atoms with Gasteiger partial charge in [0.1, 0.15) is 5.75 Å². The summed E-state index contributed by atoms with van der Waals surface area (Å²) in [5.41, 5.74) is 1.80. The molecule has 0 amide bonds. The van der Waals surface area contributed by atoms with Gasteiger partial charge in [0.15, 0.2) is 0 Å². The van der Waals surface area contributed by atoms with E-state index in [2.05, 4.69) is 5.10 Å². The lowest BCUT2D eigenvalue weighted by Gasteiger charge is -2.01. The maximum atomic E-state index is 11.5. The van der Waals surface area contributed by atoms with Gasteiger partial charge in [-0.15, -0.1) is 0 Å². The topological polar surface area (TPSA) is 47.0 Å². The molecule has 0 spiro atoms. The first-order chi connectivity index (χ1) is 7.74. The number of hydrogen-bond donors (Lipinski definition) is 1. The number of H-pyrrole nitrogens is 1. The van der Waals surface area contributed by atoms with E-state index < -0.39 is 0 Å². The van der Waals surface area contributed by atoms with Crippen LogP contribution in [-0.4, -0.2) is 16.9 Å². The van der Waals surface area contributed by atoms with Crippen molar-refractivity contribution in [1.82, 2.24) is 9.78 Å². The first-order valence-corrected chi connectivity index (χ1v) is 5.19. The number of nitrogens with one attached hydrogen (secondary N) is 1. The van der Waals surface area contributed by atoms with E-state index in [4.69, 9.17) is 4.74 Å². The highest BCUT2D eigenvalue weighted by Gasteiger charge is 2.03. The van der Waals surface area contributed by atoms with Crippen molar-refractivity contribution >= 4 is 0 Å². The Balaban J connectivity index is 2.38. The number of benzene rings is 1. The van der Waals surface area contributed by atoms with Crippen LogP contribution in [0.1, 0.15) is 6.92 Å². The molecular formula is C12H14N2O2. The van der Waals surface area contributed by atoms with E-state index in [-0.39, 0.29) is 5.56 Å². The molecule has 0 saturated carbocycles. The van der Waals surface area contributed by atoms with E-state index in [1.807, 2.05) is 31.2 Å². The summed E-state index contributed by atoms with van der Waals surface area (Å²) in [4.78, 5) is 11.5. The van der Waals surface area contributed by atoms with Crippen molar-refractivity contribution in [1.29, 1.82) is 0 Å². The van der Waals surface area contributed by atoms with Crippen LogP contribution in [0, 0.1) is 0 Å². The zero-order valence-corrected chi connectivity index (χ0v) is 9.36. The summed E-state index contributed by atoms with van der Waals surface area (Å²) in [7, 11) is 1.63. The lowest BCUT2D eigenvalue weighted by molar-refractivity contribution is 0.415. The Bertz CT molecular complexity index is 523. The van der Waals surface area contributed by atoms with Gasteiger partial charge in [0.25, 0.3) is 5.56 Å². The summed E-state index contributed by atoms with van der Waals surface area (Å²) in [5.74, 6) is 0.807. The lowest BCUT2D eigenvalue weighted by Crippen LogP contribution is -2.13. The van der Waals surface area contributed by atoms with Crippen LogP contribution in [0.4, 0.5) is 0 Å². The monoisotopic (exact) mass is 218 g/mol. The summed E-state index contributed by atoms with van der Waals surface area (Å²) < 4.78 is 6.65. The van der Waals surface area contributed by atoms with Gasteiger partial charge >= 0.3 is 0 Å². The summed E-state index contributed by atoms with van der Waals surface area (Å²) in [6.45, 7) is 2.57. The fraction of sp³-hybridized carbons (Fsp3) is 0.250. The number of nitrogens with zero attached hydrogens (tertiary/aromatic N) is 1. The maximum absolute atomic E-state index is 11.5. The second-order valence-corrected chi connectivity index (χ2v) is 3.48.